The second-order valence-electron chi connectivity index (χ2n) is 5.37. The molecule has 0 bridgehead atoms. The zero-order valence-corrected chi connectivity index (χ0v) is 16.3. The van der Waals surface area contributed by atoms with Crippen molar-refractivity contribution >= 4 is 39.3 Å². The highest BCUT2D eigenvalue weighted by Crippen LogP contribution is 2.29. The minimum atomic E-state index is -0.340. The number of carbonyl (C=O) groups is 1. The lowest BCUT2D eigenvalue weighted by molar-refractivity contribution is -0.113. The molecule has 0 unspecified atom stereocenters. The van der Waals surface area contributed by atoms with Gasteiger partial charge in [0.05, 0.1) is 5.75 Å². The van der Waals surface area contributed by atoms with E-state index in [1.165, 1.54) is 36.0 Å². The molecule has 0 atom stereocenters. The zero-order valence-electron chi connectivity index (χ0n) is 13.9. The fourth-order valence-corrected chi connectivity index (χ4v) is 3.65. The van der Waals surface area contributed by atoms with Gasteiger partial charge in [-0.2, -0.15) is 0 Å². The van der Waals surface area contributed by atoms with E-state index in [0.717, 1.165) is 15.9 Å². The molecule has 2 aromatic carbocycles. The Kier molecular flexibility index (Phi) is 6.05. The van der Waals surface area contributed by atoms with Crippen LogP contribution in [-0.2, 0) is 11.3 Å². The number of benzene rings is 2. The van der Waals surface area contributed by atoms with Crippen LogP contribution in [0.4, 0.5) is 10.1 Å². The molecule has 26 heavy (non-hydrogen) atoms. The first-order chi connectivity index (χ1) is 12.6. The van der Waals surface area contributed by atoms with Gasteiger partial charge in [0.2, 0.25) is 5.91 Å². The van der Waals surface area contributed by atoms with Crippen LogP contribution in [0.25, 0.3) is 11.4 Å². The highest BCUT2D eigenvalue weighted by Gasteiger charge is 2.16. The lowest BCUT2D eigenvalue weighted by atomic mass is 10.2. The number of anilines is 1. The Morgan fingerprint density at radius 1 is 1.19 bits per heavy atom. The van der Waals surface area contributed by atoms with Gasteiger partial charge in [-0.1, -0.05) is 45.9 Å². The third-order valence-electron chi connectivity index (χ3n) is 3.61. The van der Waals surface area contributed by atoms with E-state index < -0.39 is 0 Å². The Hall–Kier alpha value is -2.19. The number of halogens is 2. The number of hydrogen-bond donors (Lipinski definition) is 1. The monoisotopic (exact) mass is 434 g/mol. The number of nitrogens with zero attached hydrogens (tertiary/aromatic N) is 3. The molecular formula is C18H16BrFN4OS. The van der Waals surface area contributed by atoms with Crippen molar-refractivity contribution < 1.29 is 9.18 Å². The fourth-order valence-electron chi connectivity index (χ4n) is 2.38. The van der Waals surface area contributed by atoms with Crippen molar-refractivity contribution in [2.75, 3.05) is 11.1 Å². The van der Waals surface area contributed by atoms with Crippen LogP contribution in [0.2, 0.25) is 0 Å². The number of nitrogens with one attached hydrogen (secondary N) is 1. The number of rotatable bonds is 6. The van der Waals surface area contributed by atoms with Crippen LogP contribution >= 0.6 is 27.7 Å². The first kappa shape index (κ1) is 18.6. The van der Waals surface area contributed by atoms with Gasteiger partial charge in [0.15, 0.2) is 11.0 Å². The first-order valence-corrected chi connectivity index (χ1v) is 9.72. The molecule has 0 aliphatic rings. The summed E-state index contributed by atoms with van der Waals surface area (Å²) in [6.45, 7) is 2.69. The summed E-state index contributed by atoms with van der Waals surface area (Å²) in [5.41, 5.74) is 1.51. The van der Waals surface area contributed by atoms with E-state index in [1.807, 2.05) is 35.8 Å². The summed E-state index contributed by atoms with van der Waals surface area (Å²) in [7, 11) is 0. The van der Waals surface area contributed by atoms with Gasteiger partial charge >= 0.3 is 0 Å². The molecule has 8 heteroatoms. The molecule has 0 aliphatic heterocycles. The van der Waals surface area contributed by atoms with Crippen LogP contribution < -0.4 is 5.32 Å². The Morgan fingerprint density at radius 2 is 1.92 bits per heavy atom. The molecule has 3 aromatic rings. The van der Waals surface area contributed by atoms with Gasteiger partial charge in [0.1, 0.15) is 5.82 Å². The smallest absolute Gasteiger partial charge is 0.234 e. The number of carbonyl (C=O) groups excluding carboxylic acids is 1. The van der Waals surface area contributed by atoms with Crippen molar-refractivity contribution in [3.63, 3.8) is 0 Å². The molecule has 3 rings (SSSR count). The number of hydrogen-bond acceptors (Lipinski definition) is 4. The van der Waals surface area contributed by atoms with E-state index in [2.05, 4.69) is 31.4 Å². The van der Waals surface area contributed by atoms with E-state index in [4.69, 9.17) is 0 Å². The van der Waals surface area contributed by atoms with Gasteiger partial charge in [-0.3, -0.25) is 4.79 Å². The van der Waals surface area contributed by atoms with Gasteiger partial charge in [-0.25, -0.2) is 4.39 Å². The van der Waals surface area contributed by atoms with Crippen molar-refractivity contribution in [2.45, 2.75) is 18.6 Å². The number of amides is 1. The van der Waals surface area contributed by atoms with E-state index in [-0.39, 0.29) is 17.5 Å². The Labute approximate surface area is 163 Å². The summed E-state index contributed by atoms with van der Waals surface area (Å²) in [5.74, 6) is 0.412. The third kappa shape index (κ3) is 4.31. The lowest BCUT2D eigenvalue weighted by Gasteiger charge is -2.09. The first-order valence-electron chi connectivity index (χ1n) is 7.94. The van der Waals surface area contributed by atoms with Crippen molar-refractivity contribution in [1.29, 1.82) is 0 Å². The molecule has 1 amide bonds. The fraction of sp³-hybridized carbons (Fsp3) is 0.167. The summed E-state index contributed by atoms with van der Waals surface area (Å²) in [6, 6.07) is 13.5. The molecule has 1 heterocycles. The summed E-state index contributed by atoms with van der Waals surface area (Å²) < 4.78 is 15.8. The molecule has 0 saturated carbocycles. The van der Waals surface area contributed by atoms with E-state index in [0.29, 0.717) is 17.4 Å². The van der Waals surface area contributed by atoms with Crippen LogP contribution in [-0.4, -0.2) is 26.4 Å². The Balaban J connectivity index is 1.69. The van der Waals surface area contributed by atoms with Crippen molar-refractivity contribution in [3.05, 3.63) is 58.8 Å². The zero-order chi connectivity index (χ0) is 18.5. The summed E-state index contributed by atoms with van der Waals surface area (Å²) in [4.78, 5) is 12.1. The van der Waals surface area contributed by atoms with Crippen LogP contribution in [0.15, 0.2) is 58.2 Å². The normalized spacial score (nSPS) is 10.7. The predicted octanol–water partition coefficient (Wildman–Crippen LogP) is 4.60. The molecule has 0 saturated heterocycles. The molecule has 0 radical (unpaired) electrons. The van der Waals surface area contributed by atoms with Crippen LogP contribution in [0.1, 0.15) is 6.92 Å². The Bertz CT molecular complexity index is 914. The molecule has 1 N–H and O–H groups in total. The molecule has 5 nitrogen and oxygen atoms in total. The van der Waals surface area contributed by atoms with Crippen LogP contribution in [0, 0.1) is 5.82 Å². The Morgan fingerprint density at radius 3 is 2.62 bits per heavy atom. The molecule has 0 aliphatic carbocycles. The van der Waals surface area contributed by atoms with Crippen LogP contribution in [0.3, 0.4) is 0 Å². The molecule has 134 valence electrons. The topological polar surface area (TPSA) is 59.8 Å². The van der Waals surface area contributed by atoms with E-state index in [1.54, 1.807) is 0 Å². The average Bonchev–Trinajstić information content (AvgIpc) is 3.05. The summed E-state index contributed by atoms with van der Waals surface area (Å²) >= 11 is 4.84. The second kappa shape index (κ2) is 8.46. The minimum absolute atomic E-state index is 0.185. The van der Waals surface area contributed by atoms with Gasteiger partial charge in [0.25, 0.3) is 0 Å². The maximum atomic E-state index is 12.9. The third-order valence-corrected chi connectivity index (χ3v) is 5.27. The number of thioether (sulfide) groups is 1. The highest BCUT2D eigenvalue weighted by atomic mass is 79.9. The maximum Gasteiger partial charge on any atom is 0.234 e. The lowest BCUT2D eigenvalue weighted by Crippen LogP contribution is -2.14. The van der Waals surface area contributed by atoms with Gasteiger partial charge in [0, 0.05) is 22.3 Å². The molecule has 1 aromatic heterocycles. The summed E-state index contributed by atoms with van der Waals surface area (Å²) in [5, 5.41) is 11.9. The van der Waals surface area contributed by atoms with Gasteiger partial charge in [-0.05, 0) is 37.3 Å². The van der Waals surface area contributed by atoms with E-state index in [9.17, 15) is 9.18 Å². The van der Waals surface area contributed by atoms with Crippen molar-refractivity contribution in [2.24, 2.45) is 0 Å². The standard InChI is InChI=1S/C18H16BrFN4OS/c1-2-24-17(14-5-3-4-6-15(14)19)22-23-18(24)26-11-16(25)21-13-9-7-12(20)8-10-13/h3-10H,2,11H2,1H3,(H,21,25). The van der Waals surface area contributed by atoms with Gasteiger partial charge < -0.3 is 9.88 Å². The molecular weight excluding hydrogens is 419 g/mol. The SMILES string of the molecule is CCn1c(SCC(=O)Nc2ccc(F)cc2)nnc1-c1ccccc1Br. The highest BCUT2D eigenvalue weighted by molar-refractivity contribution is 9.10. The average molecular weight is 435 g/mol. The largest absolute Gasteiger partial charge is 0.325 e. The van der Waals surface area contributed by atoms with Crippen molar-refractivity contribution in [3.8, 4) is 11.4 Å². The summed E-state index contributed by atoms with van der Waals surface area (Å²) in [6.07, 6.45) is 0. The number of aromatic nitrogens is 3. The van der Waals surface area contributed by atoms with Crippen LogP contribution in [0.5, 0.6) is 0 Å². The van der Waals surface area contributed by atoms with Crippen molar-refractivity contribution in [1.82, 2.24) is 14.8 Å². The minimum Gasteiger partial charge on any atom is -0.325 e. The quantitative estimate of drug-likeness (QED) is 0.575. The maximum absolute atomic E-state index is 12.9. The second-order valence-corrected chi connectivity index (χ2v) is 7.17. The molecule has 0 fully saturated rings. The van der Waals surface area contributed by atoms with E-state index >= 15 is 0 Å². The predicted molar refractivity (Wildman–Crippen MR) is 105 cm³/mol. The molecule has 0 spiro atoms. The van der Waals surface area contributed by atoms with Gasteiger partial charge in [-0.15, -0.1) is 10.2 Å².